The molecule has 19 heavy (non-hydrogen) atoms. The number of halogens is 2. The molecule has 0 aliphatic rings. The Morgan fingerprint density at radius 3 is 2.74 bits per heavy atom. The first-order valence-electron chi connectivity index (χ1n) is 5.22. The van der Waals surface area contributed by atoms with E-state index in [0.717, 1.165) is 12.1 Å². The van der Waals surface area contributed by atoms with Crippen LogP contribution >= 0.6 is 11.6 Å². The van der Waals surface area contributed by atoms with Crippen molar-refractivity contribution in [2.24, 2.45) is 0 Å². The van der Waals surface area contributed by atoms with Crippen LogP contribution in [0, 0.1) is 17.1 Å². The van der Waals surface area contributed by atoms with Crippen molar-refractivity contribution in [2.75, 3.05) is 5.75 Å². The van der Waals surface area contributed by atoms with Crippen LogP contribution in [0.3, 0.4) is 0 Å². The summed E-state index contributed by atoms with van der Waals surface area (Å²) in [5.41, 5.74) is -0.147. The van der Waals surface area contributed by atoms with Gasteiger partial charge >= 0.3 is 0 Å². The molecule has 1 aromatic rings. The topological polar surface area (TPSA) is 87.0 Å². The highest BCUT2D eigenvalue weighted by Gasteiger charge is 2.16. The minimum atomic E-state index is -3.83. The highest BCUT2D eigenvalue weighted by atomic mass is 35.5. The van der Waals surface area contributed by atoms with Crippen LogP contribution in [0.1, 0.15) is 23.2 Å². The Kier molecular flexibility index (Phi) is 5.27. The maximum atomic E-state index is 13.1. The van der Waals surface area contributed by atoms with Crippen LogP contribution in [0.25, 0.3) is 0 Å². The van der Waals surface area contributed by atoms with Gasteiger partial charge in [0.2, 0.25) is 10.0 Å². The summed E-state index contributed by atoms with van der Waals surface area (Å²) in [5, 5.41) is 8.13. The van der Waals surface area contributed by atoms with Crippen molar-refractivity contribution < 1.29 is 17.6 Å². The maximum Gasteiger partial charge on any atom is 0.264 e. The predicted molar refractivity (Wildman–Crippen MR) is 67.5 cm³/mol. The fourth-order valence-electron chi connectivity index (χ4n) is 1.23. The van der Waals surface area contributed by atoms with E-state index in [2.05, 4.69) is 0 Å². The third-order valence-corrected chi connectivity index (χ3v) is 3.76. The van der Waals surface area contributed by atoms with Crippen LogP contribution in [-0.4, -0.2) is 20.1 Å². The SMILES string of the molecule is N#CCCCS(=O)(=O)NC(=O)c1ccc(Cl)c(F)c1. The Morgan fingerprint density at radius 2 is 2.16 bits per heavy atom. The van der Waals surface area contributed by atoms with E-state index in [4.69, 9.17) is 16.9 Å². The first kappa shape index (κ1) is 15.4. The van der Waals surface area contributed by atoms with Crippen molar-refractivity contribution in [2.45, 2.75) is 12.8 Å². The Labute approximate surface area is 115 Å². The van der Waals surface area contributed by atoms with E-state index in [-0.39, 0.29) is 29.2 Å². The molecular formula is C11H10ClFN2O3S. The van der Waals surface area contributed by atoms with Crippen LogP contribution < -0.4 is 4.72 Å². The second-order valence-electron chi connectivity index (χ2n) is 3.64. The molecule has 0 bridgehead atoms. The normalized spacial score (nSPS) is 10.8. The first-order valence-corrected chi connectivity index (χ1v) is 7.25. The van der Waals surface area contributed by atoms with E-state index in [1.165, 1.54) is 6.07 Å². The van der Waals surface area contributed by atoms with Gasteiger partial charge in [-0.1, -0.05) is 11.6 Å². The molecule has 0 spiro atoms. The largest absolute Gasteiger partial charge is 0.268 e. The molecule has 102 valence electrons. The molecule has 0 radical (unpaired) electrons. The second kappa shape index (κ2) is 6.50. The van der Waals surface area contributed by atoms with Crippen molar-refractivity contribution in [3.63, 3.8) is 0 Å². The van der Waals surface area contributed by atoms with Gasteiger partial charge in [-0.25, -0.2) is 17.5 Å². The molecule has 0 aromatic heterocycles. The van der Waals surface area contributed by atoms with E-state index in [9.17, 15) is 17.6 Å². The number of amides is 1. The molecule has 0 fully saturated rings. The van der Waals surface area contributed by atoms with Crippen molar-refractivity contribution >= 4 is 27.5 Å². The molecule has 0 aliphatic carbocycles. The van der Waals surface area contributed by atoms with Gasteiger partial charge in [0.05, 0.1) is 16.8 Å². The van der Waals surface area contributed by atoms with Crippen molar-refractivity contribution in [1.29, 1.82) is 5.26 Å². The van der Waals surface area contributed by atoms with Gasteiger partial charge < -0.3 is 0 Å². The van der Waals surface area contributed by atoms with Crippen molar-refractivity contribution in [3.8, 4) is 6.07 Å². The lowest BCUT2D eigenvalue weighted by Crippen LogP contribution is -2.32. The van der Waals surface area contributed by atoms with E-state index in [1.807, 2.05) is 0 Å². The van der Waals surface area contributed by atoms with Crippen LogP contribution in [-0.2, 0) is 10.0 Å². The number of nitrogens with one attached hydrogen (secondary N) is 1. The van der Waals surface area contributed by atoms with Crippen molar-refractivity contribution in [3.05, 3.63) is 34.6 Å². The Hall–Kier alpha value is -1.65. The fourth-order valence-corrected chi connectivity index (χ4v) is 2.37. The summed E-state index contributed by atoms with van der Waals surface area (Å²) in [5.74, 6) is -2.09. The Morgan fingerprint density at radius 1 is 1.47 bits per heavy atom. The number of nitriles is 1. The summed E-state index contributed by atoms with van der Waals surface area (Å²) in [6, 6.07) is 5.02. The van der Waals surface area contributed by atoms with Crippen LogP contribution in [0.15, 0.2) is 18.2 Å². The molecule has 0 atom stereocenters. The average Bonchev–Trinajstić information content (AvgIpc) is 2.32. The zero-order valence-corrected chi connectivity index (χ0v) is 11.3. The number of carbonyl (C=O) groups excluding carboxylic acids is 1. The molecule has 1 aromatic carbocycles. The molecule has 5 nitrogen and oxygen atoms in total. The Balaban J connectivity index is 2.74. The maximum absolute atomic E-state index is 13.1. The molecule has 0 heterocycles. The van der Waals surface area contributed by atoms with Crippen molar-refractivity contribution in [1.82, 2.24) is 4.72 Å². The Bertz CT molecular complexity index is 625. The number of hydrogen-bond donors (Lipinski definition) is 1. The van der Waals surface area contributed by atoms with Crippen LogP contribution in [0.5, 0.6) is 0 Å². The quantitative estimate of drug-likeness (QED) is 0.841. The average molecular weight is 305 g/mol. The fraction of sp³-hybridized carbons (Fsp3) is 0.273. The van der Waals surface area contributed by atoms with Gasteiger partial charge in [-0.15, -0.1) is 0 Å². The lowest BCUT2D eigenvalue weighted by atomic mass is 10.2. The molecule has 0 saturated carbocycles. The van der Waals surface area contributed by atoms with Gasteiger partial charge in [0.15, 0.2) is 0 Å². The number of benzene rings is 1. The first-order chi connectivity index (χ1) is 8.85. The molecule has 8 heteroatoms. The molecule has 0 saturated heterocycles. The molecule has 0 aliphatic heterocycles. The summed E-state index contributed by atoms with van der Waals surface area (Å²) in [6.07, 6.45) is 0.193. The van der Waals surface area contributed by atoms with Gasteiger partial charge in [0.1, 0.15) is 5.82 Å². The lowest BCUT2D eigenvalue weighted by Gasteiger charge is -2.06. The molecular weight excluding hydrogens is 295 g/mol. The zero-order valence-electron chi connectivity index (χ0n) is 9.69. The molecule has 1 amide bonds. The summed E-state index contributed by atoms with van der Waals surface area (Å²) < 4.78 is 37.9. The third kappa shape index (κ3) is 4.85. The number of unbranched alkanes of at least 4 members (excludes halogenated alkanes) is 1. The van der Waals surface area contributed by atoms with E-state index in [1.54, 1.807) is 10.8 Å². The number of hydrogen-bond acceptors (Lipinski definition) is 4. The second-order valence-corrected chi connectivity index (χ2v) is 5.89. The number of carbonyl (C=O) groups is 1. The summed E-state index contributed by atoms with van der Waals surface area (Å²) in [6.45, 7) is 0. The van der Waals surface area contributed by atoms with E-state index in [0.29, 0.717) is 0 Å². The van der Waals surface area contributed by atoms with E-state index >= 15 is 0 Å². The van der Waals surface area contributed by atoms with Gasteiger partial charge in [-0.05, 0) is 24.6 Å². The van der Waals surface area contributed by atoms with Gasteiger partial charge in [0, 0.05) is 12.0 Å². The summed E-state index contributed by atoms with van der Waals surface area (Å²) in [4.78, 5) is 11.6. The van der Waals surface area contributed by atoms with Gasteiger partial charge in [0.25, 0.3) is 5.91 Å². The smallest absolute Gasteiger partial charge is 0.264 e. The monoisotopic (exact) mass is 304 g/mol. The zero-order chi connectivity index (χ0) is 14.5. The number of sulfonamides is 1. The van der Waals surface area contributed by atoms with Crippen LogP contribution in [0.2, 0.25) is 5.02 Å². The van der Waals surface area contributed by atoms with E-state index < -0.39 is 21.7 Å². The lowest BCUT2D eigenvalue weighted by molar-refractivity contribution is 0.0981. The highest BCUT2D eigenvalue weighted by Crippen LogP contribution is 2.15. The summed E-state index contributed by atoms with van der Waals surface area (Å²) in [7, 11) is -3.83. The highest BCUT2D eigenvalue weighted by molar-refractivity contribution is 7.90. The number of rotatable bonds is 5. The molecule has 0 unspecified atom stereocenters. The minimum absolute atomic E-state index is 0.0741. The van der Waals surface area contributed by atoms with Crippen LogP contribution in [0.4, 0.5) is 4.39 Å². The molecule has 1 rings (SSSR count). The predicted octanol–water partition coefficient (Wildman–Crippen LogP) is 1.84. The molecule has 1 N–H and O–H groups in total. The number of nitrogens with zero attached hydrogens (tertiary/aromatic N) is 1. The van der Waals surface area contributed by atoms with Gasteiger partial charge in [-0.2, -0.15) is 5.26 Å². The minimum Gasteiger partial charge on any atom is -0.268 e. The summed E-state index contributed by atoms with van der Waals surface area (Å²) >= 11 is 5.45. The standard InChI is InChI=1S/C11H10ClFN2O3S/c12-9-4-3-8(7-10(9)13)11(16)15-19(17,18)6-2-1-5-14/h3-4,7H,1-2,6H2,(H,15,16). The third-order valence-electron chi connectivity index (χ3n) is 2.13. The van der Waals surface area contributed by atoms with Gasteiger partial charge in [-0.3, -0.25) is 4.79 Å².